The smallest absolute Gasteiger partial charge is 0.412 e. The van der Waals surface area contributed by atoms with Gasteiger partial charge < -0.3 is 19.3 Å². The molecule has 1 atom stereocenters. The number of carbonyl (C=O) groups excluding carboxylic acids is 3. The Morgan fingerprint density at radius 3 is 2.29 bits per heavy atom. The predicted molar refractivity (Wildman–Crippen MR) is 119 cm³/mol. The molecule has 0 bridgehead atoms. The molecule has 1 aromatic rings. The number of nitrogens with one attached hydrogen (secondary N) is 1. The third-order valence-corrected chi connectivity index (χ3v) is 5.01. The Kier molecular flexibility index (Phi) is 8.71. The molecule has 8 nitrogen and oxygen atoms in total. The monoisotopic (exact) mass is 433 g/mol. The Hall–Kier alpha value is -2.77. The van der Waals surface area contributed by atoms with Gasteiger partial charge in [0.2, 0.25) is 5.91 Å². The van der Waals surface area contributed by atoms with Crippen LogP contribution in [0, 0.1) is 0 Å². The van der Waals surface area contributed by atoms with Gasteiger partial charge in [-0.25, -0.2) is 9.59 Å². The first-order chi connectivity index (χ1) is 14.6. The molecule has 1 aliphatic rings. The molecule has 3 amide bonds. The van der Waals surface area contributed by atoms with Gasteiger partial charge in [0, 0.05) is 31.9 Å². The van der Waals surface area contributed by atoms with E-state index in [1.165, 1.54) is 0 Å². The number of nitrogens with zero attached hydrogens (tertiary/aromatic N) is 2. The summed E-state index contributed by atoms with van der Waals surface area (Å²) in [5.41, 5.74) is 0.660. The number of hydrogen-bond acceptors (Lipinski definition) is 5. The normalized spacial score (nSPS) is 15.3. The van der Waals surface area contributed by atoms with Crippen molar-refractivity contribution in [2.45, 2.75) is 59.0 Å². The summed E-state index contributed by atoms with van der Waals surface area (Å²) >= 11 is 0. The van der Waals surface area contributed by atoms with Crippen LogP contribution < -0.4 is 5.32 Å². The Morgan fingerprint density at radius 1 is 1.06 bits per heavy atom. The minimum atomic E-state index is -0.613. The van der Waals surface area contributed by atoms with Gasteiger partial charge >= 0.3 is 12.2 Å². The van der Waals surface area contributed by atoms with Crippen molar-refractivity contribution in [2.75, 3.05) is 38.1 Å². The van der Waals surface area contributed by atoms with Gasteiger partial charge in [0.1, 0.15) is 5.60 Å². The van der Waals surface area contributed by atoms with E-state index in [0.29, 0.717) is 38.5 Å². The molecule has 1 heterocycles. The molecule has 8 heteroatoms. The number of carbonyl (C=O) groups is 3. The van der Waals surface area contributed by atoms with Crippen LogP contribution in [0.3, 0.4) is 0 Å². The SMILES string of the molecule is CCCCOC(=O)N1CCN(C(=O)[C@@H](C)c2ccccc2NC(=O)OC(C)(C)C)CC1. The van der Waals surface area contributed by atoms with Crippen LogP contribution in [0.25, 0.3) is 0 Å². The van der Waals surface area contributed by atoms with Gasteiger partial charge in [0.25, 0.3) is 0 Å². The minimum Gasteiger partial charge on any atom is -0.449 e. The Balaban J connectivity index is 1.97. The van der Waals surface area contributed by atoms with E-state index in [1.807, 2.05) is 26.0 Å². The van der Waals surface area contributed by atoms with Gasteiger partial charge in [0.15, 0.2) is 0 Å². The predicted octanol–water partition coefficient (Wildman–Crippen LogP) is 4.22. The quantitative estimate of drug-likeness (QED) is 0.679. The first kappa shape index (κ1) is 24.5. The summed E-state index contributed by atoms with van der Waals surface area (Å²) in [5, 5.41) is 2.75. The zero-order chi connectivity index (χ0) is 23.0. The van der Waals surface area contributed by atoms with Gasteiger partial charge in [0.05, 0.1) is 12.5 Å². The van der Waals surface area contributed by atoms with E-state index in [0.717, 1.165) is 18.4 Å². The molecule has 0 saturated carbocycles. The lowest BCUT2D eigenvalue weighted by Crippen LogP contribution is -2.51. The average Bonchev–Trinajstić information content (AvgIpc) is 2.72. The third kappa shape index (κ3) is 7.45. The fourth-order valence-electron chi connectivity index (χ4n) is 3.31. The van der Waals surface area contributed by atoms with E-state index in [1.54, 1.807) is 42.7 Å². The Labute approximate surface area is 184 Å². The van der Waals surface area contributed by atoms with Crippen LogP contribution in [0.4, 0.5) is 15.3 Å². The zero-order valence-electron chi connectivity index (χ0n) is 19.3. The van der Waals surface area contributed by atoms with Crippen molar-refractivity contribution in [3.8, 4) is 0 Å². The summed E-state index contributed by atoms with van der Waals surface area (Å²) in [6.45, 7) is 11.5. The van der Waals surface area contributed by atoms with Crippen LogP contribution >= 0.6 is 0 Å². The number of amides is 3. The fraction of sp³-hybridized carbons (Fsp3) is 0.609. The lowest BCUT2D eigenvalue weighted by Gasteiger charge is -2.35. The second kappa shape index (κ2) is 11.0. The Bertz CT molecular complexity index is 767. The van der Waals surface area contributed by atoms with Crippen LogP contribution in [0.15, 0.2) is 24.3 Å². The number of anilines is 1. The summed E-state index contributed by atoms with van der Waals surface area (Å²) in [6, 6.07) is 7.23. The number of para-hydroxylation sites is 1. The standard InChI is InChI=1S/C23H35N3O5/c1-6-7-16-30-22(29)26-14-12-25(13-15-26)20(27)17(2)18-10-8-9-11-19(18)24-21(28)31-23(3,4)5/h8-11,17H,6-7,12-16H2,1-5H3,(H,24,28)/t17-/m0/s1. The van der Waals surface area contributed by atoms with Gasteiger partial charge in [-0.15, -0.1) is 0 Å². The van der Waals surface area contributed by atoms with Crippen LogP contribution in [0.2, 0.25) is 0 Å². The summed E-state index contributed by atoms with van der Waals surface area (Å²) in [6.07, 6.45) is 0.936. The maximum Gasteiger partial charge on any atom is 0.412 e. The third-order valence-electron chi connectivity index (χ3n) is 5.01. The topological polar surface area (TPSA) is 88.2 Å². The second-order valence-electron chi connectivity index (χ2n) is 8.72. The van der Waals surface area contributed by atoms with Crippen LogP contribution in [-0.4, -0.2) is 66.3 Å². The maximum absolute atomic E-state index is 13.1. The summed E-state index contributed by atoms with van der Waals surface area (Å²) in [7, 11) is 0. The van der Waals surface area contributed by atoms with Crippen molar-refractivity contribution in [3.05, 3.63) is 29.8 Å². The molecule has 1 saturated heterocycles. The summed E-state index contributed by atoms with van der Waals surface area (Å²) in [5.74, 6) is -0.494. The van der Waals surface area contributed by atoms with Crippen LogP contribution in [0.5, 0.6) is 0 Å². The molecule has 0 spiro atoms. The van der Waals surface area contributed by atoms with E-state index < -0.39 is 17.6 Å². The number of unbranched alkanes of at least 4 members (excludes halogenated alkanes) is 1. The van der Waals surface area contributed by atoms with Gasteiger partial charge in [-0.05, 0) is 45.7 Å². The number of hydrogen-bond donors (Lipinski definition) is 1. The molecule has 172 valence electrons. The van der Waals surface area contributed by atoms with Crippen molar-refractivity contribution >= 4 is 23.8 Å². The molecule has 0 aliphatic carbocycles. The lowest BCUT2D eigenvalue weighted by atomic mass is 9.97. The average molecular weight is 434 g/mol. The van der Waals surface area contributed by atoms with Crippen molar-refractivity contribution < 1.29 is 23.9 Å². The molecule has 1 aromatic carbocycles. The highest BCUT2D eigenvalue weighted by molar-refractivity contribution is 5.90. The highest BCUT2D eigenvalue weighted by atomic mass is 16.6. The molecule has 0 unspecified atom stereocenters. The number of rotatable bonds is 6. The molecular formula is C23H35N3O5. The largest absolute Gasteiger partial charge is 0.449 e. The van der Waals surface area contributed by atoms with Crippen molar-refractivity contribution in [1.82, 2.24) is 9.80 Å². The molecule has 1 fully saturated rings. The first-order valence-corrected chi connectivity index (χ1v) is 10.9. The number of piperazine rings is 1. The first-order valence-electron chi connectivity index (χ1n) is 10.9. The van der Waals surface area contributed by atoms with Gasteiger partial charge in [-0.1, -0.05) is 31.5 Å². The molecule has 0 radical (unpaired) electrons. The number of benzene rings is 1. The fourth-order valence-corrected chi connectivity index (χ4v) is 3.31. The minimum absolute atomic E-state index is 0.0440. The van der Waals surface area contributed by atoms with E-state index in [4.69, 9.17) is 9.47 Å². The molecule has 1 N–H and O–H groups in total. The molecular weight excluding hydrogens is 398 g/mol. The van der Waals surface area contributed by atoms with Crippen LogP contribution in [0.1, 0.15) is 58.9 Å². The van der Waals surface area contributed by atoms with Gasteiger partial charge in [-0.2, -0.15) is 0 Å². The highest BCUT2D eigenvalue weighted by Gasteiger charge is 2.29. The van der Waals surface area contributed by atoms with Crippen molar-refractivity contribution in [3.63, 3.8) is 0 Å². The molecule has 1 aliphatic heterocycles. The van der Waals surface area contributed by atoms with E-state index in [2.05, 4.69) is 5.32 Å². The highest BCUT2D eigenvalue weighted by Crippen LogP contribution is 2.27. The number of ether oxygens (including phenoxy) is 2. The molecule has 2 rings (SSSR count). The van der Waals surface area contributed by atoms with Gasteiger partial charge in [-0.3, -0.25) is 10.1 Å². The maximum atomic E-state index is 13.1. The Morgan fingerprint density at radius 2 is 1.68 bits per heavy atom. The van der Waals surface area contributed by atoms with E-state index in [-0.39, 0.29) is 12.0 Å². The summed E-state index contributed by atoms with van der Waals surface area (Å²) in [4.78, 5) is 40.8. The molecule has 0 aromatic heterocycles. The van der Waals surface area contributed by atoms with E-state index in [9.17, 15) is 14.4 Å². The van der Waals surface area contributed by atoms with Crippen molar-refractivity contribution in [1.29, 1.82) is 0 Å². The van der Waals surface area contributed by atoms with Crippen LogP contribution in [-0.2, 0) is 14.3 Å². The van der Waals surface area contributed by atoms with Crippen molar-refractivity contribution in [2.24, 2.45) is 0 Å². The second-order valence-corrected chi connectivity index (χ2v) is 8.72. The van der Waals surface area contributed by atoms with E-state index >= 15 is 0 Å². The lowest BCUT2D eigenvalue weighted by molar-refractivity contribution is -0.134. The zero-order valence-corrected chi connectivity index (χ0v) is 19.3. The molecule has 31 heavy (non-hydrogen) atoms. The summed E-state index contributed by atoms with van der Waals surface area (Å²) < 4.78 is 10.6.